The van der Waals surface area contributed by atoms with Crippen molar-refractivity contribution in [2.75, 3.05) is 22.9 Å². The molecule has 0 saturated carbocycles. The molecule has 166 valence electrons. The van der Waals surface area contributed by atoms with E-state index < -0.39 is 30.2 Å². The zero-order valence-electron chi connectivity index (χ0n) is 16.8. The van der Waals surface area contributed by atoms with Crippen LogP contribution in [0.15, 0.2) is 48.5 Å². The van der Waals surface area contributed by atoms with E-state index in [2.05, 4.69) is 21.3 Å². The maximum atomic E-state index is 12.5. The van der Waals surface area contributed by atoms with Crippen LogP contribution in [0.3, 0.4) is 0 Å². The van der Waals surface area contributed by atoms with Crippen LogP contribution < -0.4 is 38.5 Å². The second kappa shape index (κ2) is 11.5. The number of benzene rings is 2. The van der Waals surface area contributed by atoms with Crippen LogP contribution in [0, 0.1) is 0 Å². The van der Waals surface area contributed by atoms with Gasteiger partial charge in [-0.15, -0.1) is 0 Å². The third-order valence-electron chi connectivity index (χ3n) is 4.18. The lowest BCUT2D eigenvalue weighted by atomic mass is 10.1. The van der Waals surface area contributed by atoms with Gasteiger partial charge >= 0.3 is 12.0 Å². The van der Waals surface area contributed by atoms with Crippen LogP contribution in [-0.2, 0) is 4.79 Å². The topological polar surface area (TPSA) is 198 Å². The Morgan fingerprint density at radius 3 is 2.23 bits per heavy atom. The molecule has 2 aromatic carbocycles. The number of nitrogen functional groups attached to an aromatic ring is 1. The Hall–Kier alpha value is -3.67. The van der Waals surface area contributed by atoms with E-state index in [1.165, 1.54) is 12.1 Å². The van der Waals surface area contributed by atoms with Crippen molar-refractivity contribution in [3.63, 3.8) is 0 Å². The molecule has 0 aliphatic rings. The van der Waals surface area contributed by atoms with E-state index in [0.717, 1.165) is 0 Å². The summed E-state index contributed by atoms with van der Waals surface area (Å²) in [7, 11) is 0. The fourth-order valence-electron chi connectivity index (χ4n) is 2.72. The van der Waals surface area contributed by atoms with Gasteiger partial charge in [-0.3, -0.25) is 10.1 Å². The molecule has 11 heteroatoms. The summed E-state index contributed by atoms with van der Waals surface area (Å²) in [5.41, 5.74) is 18.0. The highest BCUT2D eigenvalue weighted by molar-refractivity contribution is 6.02. The first-order chi connectivity index (χ1) is 14.7. The first kappa shape index (κ1) is 23.6. The maximum absolute atomic E-state index is 12.5. The average molecular weight is 429 g/mol. The maximum Gasteiger partial charge on any atom is 0.326 e. The number of rotatable bonds is 10. The van der Waals surface area contributed by atoms with Crippen molar-refractivity contribution in [2.45, 2.75) is 25.2 Å². The number of anilines is 3. The predicted octanol–water partition coefficient (Wildman–Crippen LogP) is 0.667. The molecule has 11 nitrogen and oxygen atoms in total. The Morgan fingerprint density at radius 1 is 0.968 bits per heavy atom. The first-order valence-electron chi connectivity index (χ1n) is 9.56. The molecular formula is C20H27N7O4. The Kier molecular flexibility index (Phi) is 8.76. The number of carbonyl (C=O) groups excluding carboxylic acids is 2. The van der Waals surface area contributed by atoms with Crippen LogP contribution in [0.25, 0.3) is 0 Å². The molecule has 0 saturated heterocycles. The first-order valence-corrected chi connectivity index (χ1v) is 9.56. The van der Waals surface area contributed by atoms with E-state index >= 15 is 0 Å². The van der Waals surface area contributed by atoms with Crippen molar-refractivity contribution >= 4 is 35.0 Å². The Balaban J connectivity index is 1.95. The molecule has 0 bridgehead atoms. The summed E-state index contributed by atoms with van der Waals surface area (Å²) < 4.78 is 0. The highest BCUT2D eigenvalue weighted by Crippen LogP contribution is 2.14. The molecule has 2 rings (SSSR count). The molecule has 0 fully saturated rings. The quantitative estimate of drug-likeness (QED) is 0.153. The SMILES string of the molecule is Nc1cccc(NC(=O)Nc2cccc(C(=O)N[C@@H](CCCNC(N)N)C(=O)O)c2)c1. The van der Waals surface area contributed by atoms with Gasteiger partial charge in [0, 0.05) is 22.6 Å². The van der Waals surface area contributed by atoms with Crippen LogP contribution in [0.1, 0.15) is 23.2 Å². The molecule has 0 radical (unpaired) electrons. The summed E-state index contributed by atoms with van der Waals surface area (Å²) in [4.78, 5) is 36.1. The molecule has 0 unspecified atom stereocenters. The minimum absolute atomic E-state index is 0.196. The summed E-state index contributed by atoms with van der Waals surface area (Å²) in [6, 6.07) is 11.2. The minimum atomic E-state index is -1.15. The number of aliphatic carboxylic acids is 1. The average Bonchev–Trinajstić information content (AvgIpc) is 2.69. The second-order valence-electron chi connectivity index (χ2n) is 6.77. The lowest BCUT2D eigenvalue weighted by Crippen LogP contribution is -2.46. The Bertz CT molecular complexity index is 920. The summed E-state index contributed by atoms with van der Waals surface area (Å²) in [6.45, 7) is 0.416. The fourth-order valence-corrected chi connectivity index (χ4v) is 2.72. The highest BCUT2D eigenvalue weighted by Gasteiger charge is 2.20. The van der Waals surface area contributed by atoms with Crippen LogP contribution >= 0.6 is 0 Å². The van der Waals surface area contributed by atoms with Gasteiger partial charge in [-0.05, 0) is 55.8 Å². The predicted molar refractivity (Wildman–Crippen MR) is 118 cm³/mol. The van der Waals surface area contributed by atoms with Crippen molar-refractivity contribution in [1.82, 2.24) is 10.6 Å². The number of nitrogens with one attached hydrogen (secondary N) is 4. The molecule has 1 atom stereocenters. The van der Waals surface area contributed by atoms with E-state index in [-0.39, 0.29) is 12.0 Å². The Labute approximate surface area is 179 Å². The molecule has 0 spiro atoms. The number of urea groups is 1. The van der Waals surface area contributed by atoms with Gasteiger partial charge in [0.1, 0.15) is 12.3 Å². The molecule has 11 N–H and O–H groups in total. The number of carboxylic acid groups (broad SMARTS) is 1. The summed E-state index contributed by atoms with van der Waals surface area (Å²) in [6.07, 6.45) is -0.0421. The van der Waals surface area contributed by atoms with E-state index in [1.807, 2.05) is 0 Å². The zero-order valence-corrected chi connectivity index (χ0v) is 16.8. The molecular weight excluding hydrogens is 402 g/mol. The van der Waals surface area contributed by atoms with E-state index in [1.54, 1.807) is 36.4 Å². The van der Waals surface area contributed by atoms with Crippen molar-refractivity contribution in [2.24, 2.45) is 11.5 Å². The van der Waals surface area contributed by atoms with Crippen molar-refractivity contribution in [3.8, 4) is 0 Å². The van der Waals surface area contributed by atoms with Gasteiger partial charge < -0.3 is 38.3 Å². The third kappa shape index (κ3) is 8.30. The van der Waals surface area contributed by atoms with E-state index in [4.69, 9.17) is 17.2 Å². The van der Waals surface area contributed by atoms with Gasteiger partial charge in [0.2, 0.25) is 0 Å². The van der Waals surface area contributed by atoms with Crippen molar-refractivity contribution in [1.29, 1.82) is 0 Å². The lowest BCUT2D eigenvalue weighted by Gasteiger charge is -2.16. The third-order valence-corrected chi connectivity index (χ3v) is 4.18. The Morgan fingerprint density at radius 2 is 1.61 bits per heavy atom. The van der Waals surface area contributed by atoms with Crippen LogP contribution in [0.2, 0.25) is 0 Å². The smallest absolute Gasteiger partial charge is 0.326 e. The zero-order chi connectivity index (χ0) is 22.8. The number of carbonyl (C=O) groups is 3. The van der Waals surface area contributed by atoms with Gasteiger partial charge in [0.25, 0.3) is 5.91 Å². The van der Waals surface area contributed by atoms with Gasteiger partial charge in [-0.2, -0.15) is 0 Å². The summed E-state index contributed by atoms with van der Waals surface area (Å²) in [5, 5.41) is 19.8. The van der Waals surface area contributed by atoms with E-state index in [0.29, 0.717) is 30.0 Å². The van der Waals surface area contributed by atoms with Crippen molar-refractivity contribution in [3.05, 3.63) is 54.1 Å². The lowest BCUT2D eigenvalue weighted by molar-refractivity contribution is -0.139. The summed E-state index contributed by atoms with van der Waals surface area (Å²) >= 11 is 0. The molecule has 0 heterocycles. The number of carboxylic acids is 1. The number of amides is 3. The fraction of sp³-hybridized carbons (Fsp3) is 0.250. The van der Waals surface area contributed by atoms with Crippen LogP contribution in [0.4, 0.5) is 21.9 Å². The normalized spacial score (nSPS) is 11.6. The van der Waals surface area contributed by atoms with Crippen LogP contribution in [-0.4, -0.2) is 41.9 Å². The van der Waals surface area contributed by atoms with Crippen LogP contribution in [0.5, 0.6) is 0 Å². The van der Waals surface area contributed by atoms with Gasteiger partial charge in [0.05, 0.1) is 0 Å². The number of hydrogen-bond acceptors (Lipinski definition) is 7. The minimum Gasteiger partial charge on any atom is -0.480 e. The molecule has 2 aromatic rings. The molecule has 0 aliphatic carbocycles. The highest BCUT2D eigenvalue weighted by atomic mass is 16.4. The molecule has 0 aliphatic heterocycles. The van der Waals surface area contributed by atoms with Crippen molar-refractivity contribution < 1.29 is 19.5 Å². The largest absolute Gasteiger partial charge is 0.480 e. The monoisotopic (exact) mass is 429 g/mol. The second-order valence-corrected chi connectivity index (χ2v) is 6.77. The van der Waals surface area contributed by atoms with Gasteiger partial charge in [0.15, 0.2) is 0 Å². The van der Waals surface area contributed by atoms with E-state index in [9.17, 15) is 19.5 Å². The van der Waals surface area contributed by atoms with Gasteiger partial charge in [-0.1, -0.05) is 12.1 Å². The molecule has 3 amide bonds. The standard InChI is InChI=1S/C20H27N7O4/c21-13-5-2-7-15(11-13)26-20(31)25-14-6-1-4-12(10-14)17(28)27-16(18(29)30)8-3-9-24-19(22)23/h1-2,4-7,10-11,16,19,24H,3,8-9,21-23H2,(H,27,28)(H,29,30)(H2,25,26,31)/t16-/m0/s1. The molecule has 0 aromatic heterocycles. The summed E-state index contributed by atoms with van der Waals surface area (Å²) in [5.74, 6) is -1.73. The van der Waals surface area contributed by atoms with Gasteiger partial charge in [-0.25, -0.2) is 9.59 Å². The molecule has 31 heavy (non-hydrogen) atoms. The number of hydrogen-bond donors (Lipinski definition) is 8. The number of nitrogens with two attached hydrogens (primary N) is 3.